The molecule has 2 aromatic rings. The van der Waals surface area contributed by atoms with Gasteiger partial charge in [-0.15, -0.1) is 10.2 Å². The predicted octanol–water partition coefficient (Wildman–Crippen LogP) is 3.15. The molecule has 0 aliphatic heterocycles. The molecule has 0 aliphatic carbocycles. The standard InChI is InChI=1S/C11H7Br2FN6/c1-5-7(12)2-8(13)10(9(5)14)16-4-6(3-15)11-17-19-20-18-11/h2,4,16H,1H3,(H,17,18,19,20). The number of nitriles is 1. The predicted molar refractivity (Wildman–Crippen MR) is 77.9 cm³/mol. The molecular formula is C11H7Br2FN6. The Hall–Kier alpha value is -1.79. The second-order valence-corrected chi connectivity index (χ2v) is 5.41. The average molecular weight is 402 g/mol. The van der Waals surface area contributed by atoms with E-state index in [0.717, 1.165) is 0 Å². The molecule has 0 fully saturated rings. The summed E-state index contributed by atoms with van der Waals surface area (Å²) >= 11 is 6.52. The van der Waals surface area contributed by atoms with Gasteiger partial charge in [-0.1, -0.05) is 15.9 Å². The molecule has 1 heterocycles. The van der Waals surface area contributed by atoms with Gasteiger partial charge < -0.3 is 5.32 Å². The highest BCUT2D eigenvalue weighted by Crippen LogP contribution is 2.33. The largest absolute Gasteiger partial charge is 0.357 e. The van der Waals surface area contributed by atoms with Gasteiger partial charge in [0.2, 0.25) is 5.82 Å². The summed E-state index contributed by atoms with van der Waals surface area (Å²) in [6.07, 6.45) is 1.32. The molecular weight excluding hydrogens is 395 g/mol. The molecule has 1 aromatic carbocycles. The zero-order valence-corrected chi connectivity index (χ0v) is 13.2. The summed E-state index contributed by atoms with van der Waals surface area (Å²) < 4.78 is 15.3. The van der Waals surface area contributed by atoms with Gasteiger partial charge >= 0.3 is 0 Å². The number of anilines is 1. The molecule has 0 amide bonds. The summed E-state index contributed by atoms with van der Waals surface area (Å²) in [7, 11) is 0. The van der Waals surface area contributed by atoms with Gasteiger partial charge in [0.25, 0.3) is 0 Å². The summed E-state index contributed by atoms with van der Waals surface area (Å²) in [6.45, 7) is 1.64. The third kappa shape index (κ3) is 2.86. The van der Waals surface area contributed by atoms with E-state index in [1.165, 1.54) is 6.20 Å². The van der Waals surface area contributed by atoms with Crippen LogP contribution < -0.4 is 5.32 Å². The van der Waals surface area contributed by atoms with Gasteiger partial charge in [-0.25, -0.2) is 4.39 Å². The van der Waals surface area contributed by atoms with Crippen molar-refractivity contribution in [3.63, 3.8) is 0 Å². The van der Waals surface area contributed by atoms with Crippen molar-refractivity contribution in [1.29, 1.82) is 5.26 Å². The minimum Gasteiger partial charge on any atom is -0.357 e. The van der Waals surface area contributed by atoms with E-state index >= 15 is 0 Å². The summed E-state index contributed by atoms with van der Waals surface area (Å²) in [4.78, 5) is 0. The Morgan fingerprint density at radius 3 is 2.85 bits per heavy atom. The number of rotatable bonds is 3. The van der Waals surface area contributed by atoms with Crippen LogP contribution in [0.2, 0.25) is 0 Å². The van der Waals surface area contributed by atoms with Crippen LogP contribution >= 0.6 is 31.9 Å². The van der Waals surface area contributed by atoms with Crippen LogP contribution in [0.4, 0.5) is 10.1 Å². The van der Waals surface area contributed by atoms with Gasteiger partial charge in [0.05, 0.1) is 5.69 Å². The van der Waals surface area contributed by atoms with E-state index in [4.69, 9.17) is 5.26 Å². The first-order valence-corrected chi connectivity index (χ1v) is 6.88. The molecule has 0 bridgehead atoms. The molecule has 0 spiro atoms. The van der Waals surface area contributed by atoms with Gasteiger partial charge in [-0.2, -0.15) is 10.5 Å². The fourth-order valence-corrected chi connectivity index (χ4v) is 2.62. The van der Waals surface area contributed by atoms with Crippen LogP contribution in [0.15, 0.2) is 21.2 Å². The van der Waals surface area contributed by atoms with Crippen LogP contribution in [0.1, 0.15) is 11.4 Å². The Morgan fingerprint density at radius 1 is 1.50 bits per heavy atom. The summed E-state index contributed by atoms with van der Waals surface area (Å²) in [5.41, 5.74) is 0.815. The van der Waals surface area contributed by atoms with E-state index in [0.29, 0.717) is 14.5 Å². The van der Waals surface area contributed by atoms with E-state index in [-0.39, 0.29) is 17.1 Å². The molecule has 0 radical (unpaired) electrons. The maximum Gasteiger partial charge on any atom is 0.216 e. The SMILES string of the molecule is Cc1c(Br)cc(Br)c(NC=C(C#N)c2nn[nH]n2)c1F. The average Bonchev–Trinajstić information content (AvgIpc) is 2.94. The lowest BCUT2D eigenvalue weighted by molar-refractivity contribution is 0.620. The minimum atomic E-state index is -0.423. The van der Waals surface area contributed by atoms with Crippen molar-refractivity contribution >= 4 is 43.1 Å². The van der Waals surface area contributed by atoms with Crippen molar-refractivity contribution in [2.45, 2.75) is 6.92 Å². The molecule has 6 nitrogen and oxygen atoms in total. The maximum absolute atomic E-state index is 14.1. The monoisotopic (exact) mass is 400 g/mol. The maximum atomic E-state index is 14.1. The fraction of sp³-hybridized carbons (Fsp3) is 0.0909. The Balaban J connectivity index is 2.36. The zero-order chi connectivity index (χ0) is 14.7. The van der Waals surface area contributed by atoms with Crippen LogP contribution in [0, 0.1) is 24.1 Å². The number of aromatic amines is 1. The van der Waals surface area contributed by atoms with Crippen molar-refractivity contribution in [2.24, 2.45) is 0 Å². The number of nitrogens with one attached hydrogen (secondary N) is 2. The third-order valence-electron chi connectivity index (χ3n) is 2.47. The van der Waals surface area contributed by atoms with Crippen LogP contribution in [-0.4, -0.2) is 20.6 Å². The van der Waals surface area contributed by atoms with Gasteiger partial charge in [0.1, 0.15) is 11.6 Å². The Kier molecular flexibility index (Phi) is 4.46. The molecule has 2 rings (SSSR count). The summed E-state index contributed by atoms with van der Waals surface area (Å²) in [5, 5.41) is 24.7. The lowest BCUT2D eigenvalue weighted by atomic mass is 10.2. The van der Waals surface area contributed by atoms with Crippen molar-refractivity contribution in [3.8, 4) is 6.07 Å². The quantitative estimate of drug-likeness (QED) is 0.771. The fourth-order valence-electron chi connectivity index (χ4n) is 1.39. The number of H-pyrrole nitrogens is 1. The molecule has 0 unspecified atom stereocenters. The van der Waals surface area contributed by atoms with Crippen molar-refractivity contribution in [1.82, 2.24) is 20.6 Å². The summed E-state index contributed by atoms with van der Waals surface area (Å²) in [6, 6.07) is 3.62. The van der Waals surface area contributed by atoms with Crippen molar-refractivity contribution in [2.75, 3.05) is 5.32 Å². The molecule has 0 atom stereocenters. The van der Waals surface area contributed by atoms with E-state index in [2.05, 4.69) is 57.8 Å². The molecule has 0 aliphatic rings. The highest BCUT2D eigenvalue weighted by atomic mass is 79.9. The molecule has 20 heavy (non-hydrogen) atoms. The first-order valence-electron chi connectivity index (χ1n) is 5.29. The number of hydrogen-bond donors (Lipinski definition) is 2. The molecule has 0 saturated carbocycles. The Labute approximate surface area is 130 Å². The van der Waals surface area contributed by atoms with Gasteiger partial charge in [-0.3, -0.25) is 0 Å². The van der Waals surface area contributed by atoms with E-state index in [1.807, 2.05) is 6.07 Å². The minimum absolute atomic E-state index is 0.130. The second kappa shape index (κ2) is 6.11. The molecule has 102 valence electrons. The van der Waals surface area contributed by atoms with Crippen molar-refractivity contribution < 1.29 is 4.39 Å². The lowest BCUT2D eigenvalue weighted by Gasteiger charge is -2.10. The van der Waals surface area contributed by atoms with Crippen LogP contribution in [0.25, 0.3) is 5.57 Å². The Bertz CT molecular complexity index is 705. The lowest BCUT2D eigenvalue weighted by Crippen LogP contribution is -1.99. The van der Waals surface area contributed by atoms with E-state index in [9.17, 15) is 4.39 Å². The van der Waals surface area contributed by atoms with Crippen molar-refractivity contribution in [3.05, 3.63) is 38.4 Å². The smallest absolute Gasteiger partial charge is 0.216 e. The number of halogens is 3. The highest BCUT2D eigenvalue weighted by Gasteiger charge is 2.13. The Morgan fingerprint density at radius 2 is 2.25 bits per heavy atom. The van der Waals surface area contributed by atoms with Crippen LogP contribution in [0.3, 0.4) is 0 Å². The molecule has 0 saturated heterocycles. The molecule has 9 heteroatoms. The highest BCUT2D eigenvalue weighted by molar-refractivity contribution is 9.11. The molecule has 2 N–H and O–H groups in total. The van der Waals surface area contributed by atoms with Gasteiger partial charge in [0, 0.05) is 20.7 Å². The number of allylic oxidation sites excluding steroid dienone is 1. The number of aromatic nitrogens is 4. The first kappa shape index (κ1) is 14.6. The molecule has 1 aromatic heterocycles. The summed E-state index contributed by atoms with van der Waals surface area (Å²) in [5.74, 6) is -0.293. The van der Waals surface area contributed by atoms with Gasteiger partial charge in [-0.05, 0) is 34.1 Å². The topological polar surface area (TPSA) is 90.3 Å². The third-order valence-corrected chi connectivity index (χ3v) is 3.92. The van der Waals surface area contributed by atoms with E-state index < -0.39 is 5.82 Å². The second-order valence-electron chi connectivity index (χ2n) is 3.70. The first-order chi connectivity index (χ1) is 9.54. The zero-order valence-electron chi connectivity index (χ0n) is 10.1. The van der Waals surface area contributed by atoms with E-state index in [1.54, 1.807) is 13.0 Å². The van der Waals surface area contributed by atoms with Crippen LogP contribution in [-0.2, 0) is 0 Å². The number of nitrogens with zero attached hydrogens (tertiary/aromatic N) is 4. The van der Waals surface area contributed by atoms with Crippen LogP contribution in [0.5, 0.6) is 0 Å². The normalized spacial score (nSPS) is 11.2. The number of tetrazole rings is 1. The number of benzene rings is 1. The number of hydrogen-bond acceptors (Lipinski definition) is 5. The van der Waals surface area contributed by atoms with Gasteiger partial charge in [0.15, 0.2) is 5.82 Å².